The summed E-state index contributed by atoms with van der Waals surface area (Å²) in [4.78, 5) is 0. The highest BCUT2D eigenvalue weighted by Gasteiger charge is 2.35. The zero-order valence-corrected chi connectivity index (χ0v) is 9.76. The number of rotatable bonds is 5. The first-order valence-electron chi connectivity index (χ1n) is 5.22. The van der Waals surface area contributed by atoms with Gasteiger partial charge in [0.25, 0.3) is 6.43 Å². The van der Waals surface area contributed by atoms with E-state index in [1.807, 2.05) is 6.92 Å². The monoisotopic (exact) mass is 229 g/mol. The lowest BCUT2D eigenvalue weighted by Crippen LogP contribution is -2.45. The molecule has 4 heteroatoms. The van der Waals surface area contributed by atoms with Gasteiger partial charge in [0.1, 0.15) is 11.3 Å². The number of methoxy groups -OCH3 is 1. The van der Waals surface area contributed by atoms with Crippen LogP contribution in [0, 0.1) is 0 Å². The highest BCUT2D eigenvalue weighted by Crippen LogP contribution is 2.29. The first-order chi connectivity index (χ1) is 7.54. The molecule has 0 aliphatic heterocycles. The average molecular weight is 229 g/mol. The highest BCUT2D eigenvalue weighted by molar-refractivity contribution is 5.32. The normalized spacial score (nSPS) is 14.9. The van der Waals surface area contributed by atoms with Gasteiger partial charge in [-0.3, -0.25) is 0 Å². The smallest absolute Gasteiger partial charge is 0.260 e. The number of halogens is 2. The zero-order chi connectivity index (χ0) is 12.2. The summed E-state index contributed by atoms with van der Waals surface area (Å²) < 4.78 is 31.1. The summed E-state index contributed by atoms with van der Waals surface area (Å²) in [7, 11) is 1.55. The fourth-order valence-electron chi connectivity index (χ4n) is 1.61. The summed E-state index contributed by atoms with van der Waals surface area (Å²) in [5.41, 5.74) is -0.744. The van der Waals surface area contributed by atoms with E-state index in [0.717, 1.165) is 0 Å². The summed E-state index contributed by atoms with van der Waals surface area (Å²) in [5, 5.41) is 2.82. The molecule has 90 valence electrons. The van der Waals surface area contributed by atoms with Crippen LogP contribution in [0.3, 0.4) is 0 Å². The molecular weight excluding hydrogens is 212 g/mol. The topological polar surface area (TPSA) is 21.3 Å². The van der Waals surface area contributed by atoms with E-state index < -0.39 is 12.0 Å². The Morgan fingerprint density at radius 2 is 1.88 bits per heavy atom. The van der Waals surface area contributed by atoms with Crippen LogP contribution in [0.4, 0.5) is 8.78 Å². The van der Waals surface area contributed by atoms with Gasteiger partial charge in [-0.25, -0.2) is 8.78 Å². The molecular formula is C12H17F2NO. The molecule has 0 aliphatic carbocycles. The molecule has 1 aromatic rings. The number of alkyl halides is 2. The van der Waals surface area contributed by atoms with Gasteiger partial charge in [0.15, 0.2) is 0 Å². The van der Waals surface area contributed by atoms with Gasteiger partial charge in [0, 0.05) is 0 Å². The van der Waals surface area contributed by atoms with Crippen LogP contribution < -0.4 is 10.1 Å². The Balaban J connectivity index is 3.01. The van der Waals surface area contributed by atoms with Crippen LogP contribution in [-0.4, -0.2) is 20.1 Å². The fourth-order valence-corrected chi connectivity index (χ4v) is 1.61. The van der Waals surface area contributed by atoms with Crippen molar-refractivity contribution in [1.29, 1.82) is 0 Å². The van der Waals surface area contributed by atoms with Gasteiger partial charge in [0.05, 0.1) is 7.11 Å². The quantitative estimate of drug-likeness (QED) is 0.838. The Morgan fingerprint density at radius 1 is 1.31 bits per heavy atom. The maximum atomic E-state index is 13.0. The molecule has 0 saturated heterocycles. The second-order valence-corrected chi connectivity index (χ2v) is 3.76. The van der Waals surface area contributed by atoms with Gasteiger partial charge in [-0.15, -0.1) is 0 Å². The van der Waals surface area contributed by atoms with Crippen LogP contribution in [0.1, 0.15) is 19.4 Å². The summed E-state index contributed by atoms with van der Waals surface area (Å²) >= 11 is 0. The first-order valence-corrected chi connectivity index (χ1v) is 5.22. The molecule has 1 unspecified atom stereocenters. The Kier molecular flexibility index (Phi) is 4.24. The van der Waals surface area contributed by atoms with Crippen molar-refractivity contribution < 1.29 is 13.5 Å². The largest absolute Gasteiger partial charge is 0.497 e. The predicted octanol–water partition coefficient (Wildman–Crippen LogP) is 2.79. The third-order valence-electron chi connectivity index (χ3n) is 2.67. The second-order valence-electron chi connectivity index (χ2n) is 3.76. The Bertz CT molecular complexity index is 326. The van der Waals surface area contributed by atoms with Gasteiger partial charge >= 0.3 is 0 Å². The average Bonchev–Trinajstić information content (AvgIpc) is 2.29. The Morgan fingerprint density at radius 3 is 2.25 bits per heavy atom. The number of ether oxygens (including phenoxy) is 1. The predicted molar refractivity (Wildman–Crippen MR) is 60.0 cm³/mol. The molecule has 0 amide bonds. The first kappa shape index (κ1) is 12.9. The SMILES string of the molecule is CCNC(C)(c1ccc(OC)cc1)C(F)F. The second kappa shape index (κ2) is 5.25. The Hall–Kier alpha value is -1.16. The van der Waals surface area contributed by atoms with Gasteiger partial charge in [-0.1, -0.05) is 19.1 Å². The van der Waals surface area contributed by atoms with Crippen molar-refractivity contribution in [1.82, 2.24) is 5.32 Å². The molecule has 16 heavy (non-hydrogen) atoms. The zero-order valence-electron chi connectivity index (χ0n) is 9.76. The van der Waals surface area contributed by atoms with E-state index in [9.17, 15) is 8.78 Å². The molecule has 1 rings (SSSR count). The van der Waals surface area contributed by atoms with Crippen LogP contribution in [0.5, 0.6) is 5.75 Å². The van der Waals surface area contributed by atoms with Crippen LogP contribution >= 0.6 is 0 Å². The Labute approximate surface area is 94.6 Å². The van der Waals surface area contributed by atoms with E-state index in [4.69, 9.17) is 4.74 Å². The van der Waals surface area contributed by atoms with Crippen LogP contribution in [0.25, 0.3) is 0 Å². The van der Waals surface area contributed by atoms with Crippen molar-refractivity contribution in [2.24, 2.45) is 0 Å². The van der Waals surface area contributed by atoms with Crippen LogP contribution in [0.15, 0.2) is 24.3 Å². The van der Waals surface area contributed by atoms with Crippen molar-refractivity contribution in [3.8, 4) is 5.75 Å². The van der Waals surface area contributed by atoms with Crippen molar-refractivity contribution in [2.75, 3.05) is 13.7 Å². The lowest BCUT2D eigenvalue weighted by Gasteiger charge is -2.30. The minimum atomic E-state index is -2.46. The van der Waals surface area contributed by atoms with Gasteiger partial charge in [-0.2, -0.15) is 0 Å². The van der Waals surface area contributed by atoms with E-state index in [2.05, 4.69) is 5.32 Å². The molecule has 0 bridgehead atoms. The standard InChI is InChI=1S/C12H17F2NO/c1-4-15-12(2,11(13)14)9-5-7-10(16-3)8-6-9/h5-8,11,15H,4H2,1-3H3. The molecule has 1 aromatic carbocycles. The van der Waals surface area contributed by atoms with Crippen molar-refractivity contribution in [3.63, 3.8) is 0 Å². The lowest BCUT2D eigenvalue weighted by molar-refractivity contribution is 0.0394. The minimum absolute atomic E-state index is 0.493. The van der Waals surface area contributed by atoms with Gasteiger partial charge in [-0.05, 0) is 31.2 Å². The third-order valence-corrected chi connectivity index (χ3v) is 2.67. The summed E-state index contributed by atoms with van der Waals surface area (Å²) in [6, 6.07) is 6.70. The van der Waals surface area contributed by atoms with Crippen molar-refractivity contribution >= 4 is 0 Å². The summed E-state index contributed by atoms with van der Waals surface area (Å²) in [5.74, 6) is 0.664. The molecule has 0 radical (unpaired) electrons. The van der Waals surface area contributed by atoms with Crippen LogP contribution in [0.2, 0.25) is 0 Å². The lowest BCUT2D eigenvalue weighted by atomic mass is 9.92. The maximum Gasteiger partial charge on any atom is 0.260 e. The van der Waals surface area contributed by atoms with E-state index in [0.29, 0.717) is 17.9 Å². The van der Waals surface area contributed by atoms with E-state index in [-0.39, 0.29) is 0 Å². The molecule has 0 aliphatic rings. The molecule has 0 spiro atoms. The molecule has 0 heterocycles. The number of hydrogen-bond acceptors (Lipinski definition) is 2. The fraction of sp³-hybridized carbons (Fsp3) is 0.500. The maximum absolute atomic E-state index is 13.0. The van der Waals surface area contributed by atoms with Crippen molar-refractivity contribution in [2.45, 2.75) is 25.8 Å². The third kappa shape index (κ3) is 2.50. The van der Waals surface area contributed by atoms with E-state index >= 15 is 0 Å². The molecule has 1 atom stereocenters. The van der Waals surface area contributed by atoms with Crippen molar-refractivity contribution in [3.05, 3.63) is 29.8 Å². The van der Waals surface area contributed by atoms with E-state index in [1.54, 1.807) is 31.4 Å². The number of nitrogens with one attached hydrogen (secondary N) is 1. The number of hydrogen-bond donors (Lipinski definition) is 1. The molecule has 1 N–H and O–H groups in total. The van der Waals surface area contributed by atoms with Gasteiger partial charge in [0.2, 0.25) is 0 Å². The number of benzene rings is 1. The molecule has 0 saturated carbocycles. The minimum Gasteiger partial charge on any atom is -0.497 e. The summed E-state index contributed by atoms with van der Waals surface area (Å²) in [6.45, 7) is 3.81. The molecule has 0 aromatic heterocycles. The summed E-state index contributed by atoms with van der Waals surface area (Å²) in [6.07, 6.45) is -2.46. The van der Waals surface area contributed by atoms with E-state index in [1.165, 1.54) is 6.92 Å². The van der Waals surface area contributed by atoms with Gasteiger partial charge < -0.3 is 10.1 Å². The molecule has 2 nitrogen and oxygen atoms in total. The highest BCUT2D eigenvalue weighted by atomic mass is 19.3. The molecule has 0 fully saturated rings. The van der Waals surface area contributed by atoms with Crippen LogP contribution in [-0.2, 0) is 5.54 Å².